The maximum absolute atomic E-state index is 12.6. The van der Waals surface area contributed by atoms with Crippen LogP contribution in [0.25, 0.3) is 0 Å². The molecule has 33 heavy (non-hydrogen) atoms. The fourth-order valence-corrected chi connectivity index (χ4v) is 4.12. The minimum atomic E-state index is -5.08. The van der Waals surface area contributed by atoms with E-state index in [0.717, 1.165) is 51.3 Å². The van der Waals surface area contributed by atoms with Gasteiger partial charge in [-0.25, -0.2) is 4.79 Å². The van der Waals surface area contributed by atoms with Gasteiger partial charge in [0.15, 0.2) is 0 Å². The first-order valence-corrected chi connectivity index (χ1v) is 10.5. The zero-order valence-electron chi connectivity index (χ0n) is 18.4. The first-order valence-electron chi connectivity index (χ1n) is 10.5. The third-order valence-corrected chi connectivity index (χ3v) is 6.09. The quantitative estimate of drug-likeness (QED) is 0.725. The fraction of sp³-hybridized carbons (Fsp3) is 0.545. The predicted molar refractivity (Wildman–Crippen MR) is 110 cm³/mol. The molecule has 2 aliphatic rings. The summed E-state index contributed by atoms with van der Waals surface area (Å²) in [5.74, 6) is -1.03. The van der Waals surface area contributed by atoms with Crippen molar-refractivity contribution in [3.8, 4) is 0 Å². The smallest absolute Gasteiger partial charge is 0.475 e. The molecule has 1 N–H and O–H groups in total. The van der Waals surface area contributed by atoms with Crippen LogP contribution in [-0.2, 0) is 16.1 Å². The number of carbonyl (C=O) groups is 2. The zero-order valence-corrected chi connectivity index (χ0v) is 18.4. The summed E-state index contributed by atoms with van der Waals surface area (Å²) in [6.07, 6.45) is 0.996. The van der Waals surface area contributed by atoms with Crippen LogP contribution >= 0.6 is 0 Å². The van der Waals surface area contributed by atoms with E-state index in [9.17, 15) is 18.0 Å². The Morgan fingerprint density at radius 1 is 1.21 bits per heavy atom. The largest absolute Gasteiger partial charge is 0.490 e. The average molecular weight is 472 g/mol. The molecule has 8 nitrogen and oxygen atoms in total. The molecule has 2 aromatic rings. The van der Waals surface area contributed by atoms with Gasteiger partial charge in [-0.3, -0.25) is 9.69 Å². The number of carboxylic acids is 1. The summed E-state index contributed by atoms with van der Waals surface area (Å²) in [6, 6.07) is 6.07. The van der Waals surface area contributed by atoms with E-state index in [0.29, 0.717) is 17.4 Å². The number of aryl methyl sites for hydroxylation is 1. The number of likely N-dealkylation sites (tertiary alicyclic amines) is 1. The molecular formula is C22H27F3N2O6. The number of carboxylic acid groups (broad SMARTS) is 1. The Bertz CT molecular complexity index is 932. The van der Waals surface area contributed by atoms with Crippen LogP contribution in [0.15, 0.2) is 39.6 Å². The summed E-state index contributed by atoms with van der Waals surface area (Å²) in [5.41, 5.74) is 0.578. The number of nitrogens with zero attached hydrogens (tertiary/aromatic N) is 2. The van der Waals surface area contributed by atoms with E-state index in [1.54, 1.807) is 18.6 Å². The minimum Gasteiger partial charge on any atom is -0.475 e. The van der Waals surface area contributed by atoms with Gasteiger partial charge in [0.25, 0.3) is 5.91 Å². The molecule has 4 heterocycles. The van der Waals surface area contributed by atoms with E-state index >= 15 is 0 Å². The molecule has 182 valence electrons. The predicted octanol–water partition coefficient (Wildman–Crippen LogP) is 3.71. The lowest BCUT2D eigenvalue weighted by Gasteiger charge is -2.39. The van der Waals surface area contributed by atoms with Crippen LogP contribution < -0.4 is 0 Å². The second-order valence-electron chi connectivity index (χ2n) is 8.33. The highest BCUT2D eigenvalue weighted by atomic mass is 19.4. The zero-order chi connectivity index (χ0) is 24.2. The summed E-state index contributed by atoms with van der Waals surface area (Å²) in [7, 11) is 2.12. The molecule has 2 saturated heterocycles. The van der Waals surface area contributed by atoms with E-state index in [1.807, 2.05) is 24.0 Å². The number of hydrogen-bond acceptors (Lipinski definition) is 6. The molecule has 2 aliphatic heterocycles. The number of rotatable bonds is 4. The molecular weight excluding hydrogens is 445 g/mol. The molecule has 1 unspecified atom stereocenters. The molecule has 0 saturated carbocycles. The van der Waals surface area contributed by atoms with Crippen molar-refractivity contribution in [3.05, 3.63) is 47.8 Å². The highest BCUT2D eigenvalue weighted by molar-refractivity contribution is 5.95. The van der Waals surface area contributed by atoms with E-state index in [4.69, 9.17) is 23.5 Å². The standard InChI is InChI=1S/C20H26N2O4.C2HF3O2/c1-15-18(5-11-24-15)19(23)22-8-6-20(7-9-22)12-16(14-26-20)21(2)13-17-4-3-10-25-17;3-2(4,5)1(6)7/h3-5,10-11,16H,6-9,12-14H2,1-2H3;(H,6,7). The number of furan rings is 2. The van der Waals surface area contributed by atoms with Gasteiger partial charge in [0.2, 0.25) is 0 Å². The van der Waals surface area contributed by atoms with Crippen molar-refractivity contribution in [2.24, 2.45) is 0 Å². The van der Waals surface area contributed by atoms with Crippen molar-refractivity contribution >= 4 is 11.9 Å². The Kier molecular flexibility index (Phi) is 7.53. The van der Waals surface area contributed by atoms with Crippen LogP contribution in [-0.4, -0.2) is 71.3 Å². The summed E-state index contributed by atoms with van der Waals surface area (Å²) in [5, 5.41) is 7.12. The monoisotopic (exact) mass is 472 g/mol. The first-order chi connectivity index (χ1) is 15.5. The Hall–Kier alpha value is -2.79. The minimum absolute atomic E-state index is 0.0654. The van der Waals surface area contributed by atoms with Crippen molar-refractivity contribution in [1.29, 1.82) is 0 Å². The Morgan fingerprint density at radius 3 is 2.39 bits per heavy atom. The lowest BCUT2D eigenvalue weighted by molar-refractivity contribution is -0.192. The molecule has 2 aromatic heterocycles. The second kappa shape index (κ2) is 10.0. The lowest BCUT2D eigenvalue weighted by Crippen LogP contribution is -2.47. The summed E-state index contributed by atoms with van der Waals surface area (Å²) < 4.78 is 48.7. The third-order valence-electron chi connectivity index (χ3n) is 6.09. The second-order valence-corrected chi connectivity index (χ2v) is 8.33. The van der Waals surface area contributed by atoms with E-state index in [1.165, 1.54) is 0 Å². The van der Waals surface area contributed by atoms with Crippen LogP contribution in [0.5, 0.6) is 0 Å². The molecule has 4 rings (SSSR count). The van der Waals surface area contributed by atoms with Crippen molar-refractivity contribution in [2.75, 3.05) is 26.7 Å². The number of piperidine rings is 1. The number of ether oxygens (including phenoxy) is 1. The van der Waals surface area contributed by atoms with Gasteiger partial charge < -0.3 is 23.6 Å². The van der Waals surface area contributed by atoms with Crippen LogP contribution in [0, 0.1) is 6.92 Å². The molecule has 11 heteroatoms. The van der Waals surface area contributed by atoms with Gasteiger partial charge in [0.1, 0.15) is 11.5 Å². The van der Waals surface area contributed by atoms with E-state index in [-0.39, 0.29) is 11.5 Å². The van der Waals surface area contributed by atoms with Gasteiger partial charge in [-0.2, -0.15) is 13.2 Å². The van der Waals surface area contributed by atoms with E-state index < -0.39 is 12.1 Å². The summed E-state index contributed by atoms with van der Waals surface area (Å²) in [6.45, 7) is 4.84. The van der Waals surface area contributed by atoms with Crippen LogP contribution in [0.1, 0.15) is 41.1 Å². The molecule has 1 atom stereocenters. The molecule has 0 aromatic carbocycles. The Labute approximate surface area is 188 Å². The number of halogens is 3. The third kappa shape index (κ3) is 6.17. The maximum Gasteiger partial charge on any atom is 0.490 e. The number of alkyl halides is 3. The fourth-order valence-electron chi connectivity index (χ4n) is 4.12. The maximum atomic E-state index is 12.6. The lowest BCUT2D eigenvalue weighted by atomic mass is 9.87. The van der Waals surface area contributed by atoms with Crippen molar-refractivity contribution in [2.45, 2.75) is 50.6 Å². The van der Waals surface area contributed by atoms with Crippen LogP contribution in [0.3, 0.4) is 0 Å². The molecule has 0 radical (unpaired) electrons. The van der Waals surface area contributed by atoms with Crippen molar-refractivity contribution in [1.82, 2.24) is 9.80 Å². The van der Waals surface area contributed by atoms with Gasteiger partial charge in [-0.1, -0.05) is 0 Å². The molecule has 1 spiro atoms. The number of hydrogen-bond donors (Lipinski definition) is 1. The normalized spacial score (nSPS) is 20.1. The first kappa shape index (κ1) is 24.8. The van der Waals surface area contributed by atoms with Crippen LogP contribution in [0.2, 0.25) is 0 Å². The molecule has 0 bridgehead atoms. The highest BCUT2D eigenvalue weighted by Crippen LogP contribution is 2.38. The number of aliphatic carboxylic acids is 1. The van der Waals surface area contributed by atoms with Gasteiger partial charge in [0, 0.05) is 19.1 Å². The van der Waals surface area contributed by atoms with Gasteiger partial charge in [-0.05, 0) is 51.4 Å². The Balaban J connectivity index is 0.000000383. The van der Waals surface area contributed by atoms with Crippen molar-refractivity contribution in [3.63, 3.8) is 0 Å². The number of likely N-dealkylation sites (N-methyl/N-ethyl adjacent to an activating group) is 1. The van der Waals surface area contributed by atoms with Gasteiger partial charge >= 0.3 is 12.1 Å². The average Bonchev–Trinajstić information content (AvgIpc) is 3.50. The summed E-state index contributed by atoms with van der Waals surface area (Å²) in [4.78, 5) is 25.8. The number of amides is 1. The highest BCUT2D eigenvalue weighted by Gasteiger charge is 2.44. The molecule has 0 aliphatic carbocycles. The van der Waals surface area contributed by atoms with Gasteiger partial charge in [-0.15, -0.1) is 0 Å². The van der Waals surface area contributed by atoms with E-state index in [2.05, 4.69) is 11.9 Å². The summed E-state index contributed by atoms with van der Waals surface area (Å²) >= 11 is 0. The SMILES string of the molecule is Cc1occc1C(=O)N1CCC2(CC1)CC(N(C)Cc1ccco1)CO2.O=C(O)C(F)(F)F. The molecule has 1 amide bonds. The van der Waals surface area contributed by atoms with Crippen molar-refractivity contribution < 1.29 is 41.4 Å². The Morgan fingerprint density at radius 2 is 1.88 bits per heavy atom. The number of carbonyl (C=O) groups excluding carboxylic acids is 1. The topological polar surface area (TPSA) is 96.4 Å². The van der Waals surface area contributed by atoms with Crippen LogP contribution in [0.4, 0.5) is 13.2 Å². The molecule has 2 fully saturated rings. The van der Waals surface area contributed by atoms with Gasteiger partial charge in [0.05, 0.1) is 36.8 Å².